The lowest BCUT2D eigenvalue weighted by Crippen LogP contribution is -2.18. The number of aryl methyl sites for hydroxylation is 1. The fraction of sp³-hybridized carbons (Fsp3) is 0.588. The Hall–Kier alpha value is -1.71. The predicted molar refractivity (Wildman–Crippen MR) is 80.9 cm³/mol. The van der Waals surface area contributed by atoms with E-state index < -0.39 is 0 Å². The third-order valence-corrected chi connectivity index (χ3v) is 3.96. The van der Waals surface area contributed by atoms with E-state index in [0.29, 0.717) is 11.3 Å². The number of cyclic esters (lactones) is 1. The molecule has 0 amide bonds. The van der Waals surface area contributed by atoms with Gasteiger partial charge in [0.1, 0.15) is 17.1 Å². The van der Waals surface area contributed by atoms with Gasteiger partial charge in [-0.15, -0.1) is 0 Å². The summed E-state index contributed by atoms with van der Waals surface area (Å²) in [4.78, 5) is 12.4. The summed E-state index contributed by atoms with van der Waals surface area (Å²) in [7, 11) is 1.50. The van der Waals surface area contributed by atoms with Crippen LogP contribution in [0, 0.1) is 0 Å². The minimum absolute atomic E-state index is 0.0942. The molecular formula is C17H24O4. The van der Waals surface area contributed by atoms with E-state index >= 15 is 0 Å². The molecule has 1 aliphatic heterocycles. The number of ether oxygens (including phenoxy) is 2. The maximum atomic E-state index is 12.4. The maximum Gasteiger partial charge on any atom is 0.342 e. The fourth-order valence-corrected chi connectivity index (χ4v) is 2.83. The van der Waals surface area contributed by atoms with Gasteiger partial charge in [0.2, 0.25) is 0 Å². The highest BCUT2D eigenvalue weighted by Gasteiger charge is 2.22. The highest BCUT2D eigenvalue weighted by Crippen LogP contribution is 2.31. The number of hydrogen-bond donors (Lipinski definition) is 1. The van der Waals surface area contributed by atoms with E-state index in [1.54, 1.807) is 6.07 Å². The Bertz CT molecular complexity index is 496. The Kier molecular flexibility index (Phi) is 5.48. The second kappa shape index (κ2) is 7.34. The molecule has 1 N–H and O–H groups in total. The number of aromatic hydroxyl groups is 1. The Morgan fingerprint density at radius 2 is 1.90 bits per heavy atom. The standard InChI is InChI=1S/C17H24O4/c1-12-8-6-4-3-5-7-9-13-10-14(18)11-15(20-2)16(13)17(19)21-12/h10-12,18H,3-9H2,1-2H3/t12-/m0/s1. The van der Waals surface area contributed by atoms with Gasteiger partial charge in [-0.25, -0.2) is 4.79 Å². The van der Waals surface area contributed by atoms with Crippen LogP contribution in [-0.2, 0) is 11.2 Å². The van der Waals surface area contributed by atoms with Crippen molar-refractivity contribution >= 4 is 5.97 Å². The third-order valence-electron chi connectivity index (χ3n) is 3.96. The second-order valence-electron chi connectivity index (χ2n) is 5.70. The number of esters is 1. The minimum Gasteiger partial charge on any atom is -0.508 e. The fourth-order valence-electron chi connectivity index (χ4n) is 2.83. The Morgan fingerprint density at radius 3 is 2.67 bits per heavy atom. The summed E-state index contributed by atoms with van der Waals surface area (Å²) in [6.45, 7) is 1.93. The first kappa shape index (κ1) is 15.7. The van der Waals surface area contributed by atoms with E-state index in [-0.39, 0.29) is 17.8 Å². The normalized spacial score (nSPS) is 20.7. The molecule has 1 aliphatic rings. The smallest absolute Gasteiger partial charge is 0.342 e. The summed E-state index contributed by atoms with van der Waals surface area (Å²) in [6, 6.07) is 3.12. The summed E-state index contributed by atoms with van der Waals surface area (Å²) in [5.74, 6) is 0.160. The minimum atomic E-state index is -0.352. The first-order valence-electron chi connectivity index (χ1n) is 7.72. The molecule has 1 aromatic rings. The average molecular weight is 292 g/mol. The SMILES string of the molecule is COc1cc(O)cc2c1C(=O)O[C@@H](C)CCCCCCC2. The van der Waals surface area contributed by atoms with Crippen LogP contribution in [0.15, 0.2) is 12.1 Å². The van der Waals surface area contributed by atoms with E-state index in [0.717, 1.165) is 37.7 Å². The molecule has 116 valence electrons. The second-order valence-corrected chi connectivity index (χ2v) is 5.70. The van der Waals surface area contributed by atoms with Crippen molar-refractivity contribution in [2.45, 2.75) is 58.0 Å². The summed E-state index contributed by atoms with van der Waals surface area (Å²) >= 11 is 0. The van der Waals surface area contributed by atoms with Crippen LogP contribution in [-0.4, -0.2) is 24.3 Å². The quantitative estimate of drug-likeness (QED) is 0.799. The van der Waals surface area contributed by atoms with Crippen molar-refractivity contribution in [3.05, 3.63) is 23.3 Å². The van der Waals surface area contributed by atoms with E-state index in [1.807, 2.05) is 6.92 Å². The third kappa shape index (κ3) is 4.13. The molecule has 0 aliphatic carbocycles. The summed E-state index contributed by atoms with van der Waals surface area (Å²) in [6.07, 6.45) is 7.16. The van der Waals surface area contributed by atoms with Crippen LogP contribution in [0.1, 0.15) is 61.4 Å². The van der Waals surface area contributed by atoms with Gasteiger partial charge in [-0.1, -0.05) is 19.3 Å². The topological polar surface area (TPSA) is 55.8 Å². The van der Waals surface area contributed by atoms with Crippen LogP contribution in [0.4, 0.5) is 0 Å². The molecule has 0 fully saturated rings. The number of rotatable bonds is 1. The number of methoxy groups -OCH3 is 1. The van der Waals surface area contributed by atoms with Crippen molar-refractivity contribution < 1.29 is 19.4 Å². The molecule has 1 heterocycles. The zero-order valence-corrected chi connectivity index (χ0v) is 12.9. The molecular weight excluding hydrogens is 268 g/mol. The van der Waals surface area contributed by atoms with Crippen LogP contribution in [0.25, 0.3) is 0 Å². The number of carbonyl (C=O) groups excluding carboxylic acids is 1. The van der Waals surface area contributed by atoms with E-state index in [2.05, 4.69) is 0 Å². The number of benzene rings is 1. The predicted octanol–water partition coefficient (Wildman–Crippen LogP) is 3.84. The van der Waals surface area contributed by atoms with Crippen molar-refractivity contribution in [2.24, 2.45) is 0 Å². The van der Waals surface area contributed by atoms with Crippen LogP contribution in [0.5, 0.6) is 11.5 Å². The zero-order valence-electron chi connectivity index (χ0n) is 12.9. The van der Waals surface area contributed by atoms with Crippen molar-refractivity contribution in [1.82, 2.24) is 0 Å². The zero-order chi connectivity index (χ0) is 15.2. The number of phenols is 1. The van der Waals surface area contributed by atoms with Gasteiger partial charge in [0, 0.05) is 6.07 Å². The number of carbonyl (C=O) groups is 1. The summed E-state index contributed by atoms with van der Waals surface area (Å²) in [5.41, 5.74) is 1.27. The van der Waals surface area contributed by atoms with Gasteiger partial charge >= 0.3 is 5.97 Å². The molecule has 0 spiro atoms. The van der Waals surface area contributed by atoms with Gasteiger partial charge in [0.05, 0.1) is 13.2 Å². The molecule has 1 atom stereocenters. The van der Waals surface area contributed by atoms with Crippen molar-refractivity contribution in [3.63, 3.8) is 0 Å². The molecule has 1 aromatic carbocycles. The Labute approximate surface area is 126 Å². The average Bonchev–Trinajstić information content (AvgIpc) is 2.44. The van der Waals surface area contributed by atoms with E-state index in [1.165, 1.54) is 26.0 Å². The van der Waals surface area contributed by atoms with Crippen molar-refractivity contribution in [2.75, 3.05) is 7.11 Å². The molecule has 0 unspecified atom stereocenters. The summed E-state index contributed by atoms with van der Waals surface area (Å²) in [5, 5.41) is 9.79. The first-order chi connectivity index (χ1) is 10.1. The highest BCUT2D eigenvalue weighted by atomic mass is 16.5. The number of hydrogen-bond acceptors (Lipinski definition) is 4. The number of fused-ring (bicyclic) bond motifs is 1. The van der Waals surface area contributed by atoms with Gasteiger partial charge in [-0.3, -0.25) is 0 Å². The van der Waals surface area contributed by atoms with Gasteiger partial charge in [-0.2, -0.15) is 0 Å². The van der Waals surface area contributed by atoms with E-state index in [4.69, 9.17) is 9.47 Å². The van der Waals surface area contributed by atoms with Gasteiger partial charge in [0.15, 0.2) is 0 Å². The molecule has 0 saturated carbocycles. The largest absolute Gasteiger partial charge is 0.508 e. The van der Waals surface area contributed by atoms with Crippen LogP contribution in [0.2, 0.25) is 0 Å². The molecule has 0 bridgehead atoms. The summed E-state index contributed by atoms with van der Waals surface area (Å²) < 4.78 is 10.8. The van der Waals surface area contributed by atoms with Crippen molar-refractivity contribution in [1.29, 1.82) is 0 Å². The van der Waals surface area contributed by atoms with Crippen LogP contribution < -0.4 is 4.74 Å². The molecule has 0 saturated heterocycles. The maximum absolute atomic E-state index is 12.4. The van der Waals surface area contributed by atoms with Gasteiger partial charge in [-0.05, 0) is 44.2 Å². The molecule has 0 aromatic heterocycles. The monoisotopic (exact) mass is 292 g/mol. The lowest BCUT2D eigenvalue weighted by atomic mass is 9.98. The number of phenolic OH excluding ortho intramolecular Hbond substituents is 1. The van der Waals surface area contributed by atoms with Crippen LogP contribution in [0.3, 0.4) is 0 Å². The molecule has 21 heavy (non-hydrogen) atoms. The highest BCUT2D eigenvalue weighted by molar-refractivity contribution is 5.94. The first-order valence-corrected chi connectivity index (χ1v) is 7.72. The van der Waals surface area contributed by atoms with Crippen molar-refractivity contribution in [3.8, 4) is 11.5 Å². The lowest BCUT2D eigenvalue weighted by Gasteiger charge is -2.18. The van der Waals surface area contributed by atoms with Gasteiger partial charge < -0.3 is 14.6 Å². The Morgan fingerprint density at radius 1 is 1.19 bits per heavy atom. The lowest BCUT2D eigenvalue weighted by molar-refractivity contribution is 0.0314. The molecule has 0 radical (unpaired) electrons. The Balaban J connectivity index is 2.35. The van der Waals surface area contributed by atoms with E-state index in [9.17, 15) is 9.90 Å². The molecule has 4 heteroatoms. The molecule has 2 rings (SSSR count). The van der Waals surface area contributed by atoms with Gasteiger partial charge in [0.25, 0.3) is 0 Å². The van der Waals surface area contributed by atoms with Crippen LogP contribution >= 0.6 is 0 Å². The molecule has 4 nitrogen and oxygen atoms in total.